The van der Waals surface area contributed by atoms with Gasteiger partial charge in [0.2, 0.25) is 0 Å². The number of rotatable bonds is 4. The first-order valence-electron chi connectivity index (χ1n) is 8.61. The minimum Gasteiger partial charge on any atom is -0.324 e. The van der Waals surface area contributed by atoms with Crippen LogP contribution in [0.1, 0.15) is 26.3 Å². The Bertz CT molecular complexity index is 1040. The van der Waals surface area contributed by atoms with Crippen LogP contribution in [-0.2, 0) is 9.59 Å². The molecule has 136 valence electrons. The Hall–Kier alpha value is -3.55. The SMILES string of the molecule is CC1=NN(c2cccc(NC(=O)C(C)n3nc4ccccc4n3)c2)C(=O)C1. The number of amides is 2. The minimum absolute atomic E-state index is 0.0863. The first kappa shape index (κ1) is 16.9. The summed E-state index contributed by atoms with van der Waals surface area (Å²) in [5.41, 5.74) is 3.43. The normalized spacial score (nSPS) is 15.1. The van der Waals surface area contributed by atoms with Gasteiger partial charge in [0.15, 0.2) is 0 Å². The number of hydrazone groups is 1. The van der Waals surface area contributed by atoms with E-state index >= 15 is 0 Å². The monoisotopic (exact) mass is 362 g/mol. The van der Waals surface area contributed by atoms with Gasteiger partial charge in [0.25, 0.3) is 11.8 Å². The molecule has 1 N–H and O–H groups in total. The van der Waals surface area contributed by atoms with Crippen molar-refractivity contribution in [1.29, 1.82) is 0 Å². The molecule has 0 spiro atoms. The molecule has 0 fully saturated rings. The van der Waals surface area contributed by atoms with Crippen LogP contribution in [0.25, 0.3) is 11.0 Å². The van der Waals surface area contributed by atoms with E-state index in [-0.39, 0.29) is 11.8 Å². The molecule has 0 bridgehead atoms. The summed E-state index contributed by atoms with van der Waals surface area (Å²) in [4.78, 5) is 26.0. The summed E-state index contributed by atoms with van der Waals surface area (Å²) in [6.07, 6.45) is 0.312. The third-order valence-electron chi connectivity index (χ3n) is 4.30. The predicted molar refractivity (Wildman–Crippen MR) is 103 cm³/mol. The Morgan fingerprint density at radius 1 is 1.11 bits per heavy atom. The highest BCUT2D eigenvalue weighted by molar-refractivity contribution is 6.12. The number of nitrogens with one attached hydrogen (secondary N) is 1. The predicted octanol–water partition coefficient (Wildman–Crippen LogP) is 2.74. The number of nitrogens with zero attached hydrogens (tertiary/aromatic N) is 5. The van der Waals surface area contributed by atoms with Crippen LogP contribution in [0.2, 0.25) is 0 Å². The Balaban J connectivity index is 1.52. The maximum Gasteiger partial charge on any atom is 0.253 e. The van der Waals surface area contributed by atoms with Gasteiger partial charge < -0.3 is 5.32 Å². The van der Waals surface area contributed by atoms with Crippen LogP contribution >= 0.6 is 0 Å². The second kappa shape index (κ2) is 6.64. The van der Waals surface area contributed by atoms with Gasteiger partial charge >= 0.3 is 0 Å². The van der Waals surface area contributed by atoms with Crippen molar-refractivity contribution in [2.75, 3.05) is 10.3 Å². The van der Waals surface area contributed by atoms with E-state index in [0.29, 0.717) is 17.8 Å². The largest absolute Gasteiger partial charge is 0.324 e. The number of aromatic nitrogens is 3. The number of benzene rings is 2. The van der Waals surface area contributed by atoms with Crippen LogP contribution in [0.15, 0.2) is 53.6 Å². The van der Waals surface area contributed by atoms with Gasteiger partial charge in [-0.2, -0.15) is 20.1 Å². The number of hydrogen-bond donors (Lipinski definition) is 1. The first-order valence-corrected chi connectivity index (χ1v) is 8.61. The molecule has 2 aromatic carbocycles. The van der Waals surface area contributed by atoms with Crippen LogP contribution in [-0.4, -0.2) is 32.5 Å². The lowest BCUT2D eigenvalue weighted by atomic mass is 10.2. The van der Waals surface area contributed by atoms with Crippen LogP contribution in [0.3, 0.4) is 0 Å². The van der Waals surface area contributed by atoms with Gasteiger partial charge in [-0.1, -0.05) is 18.2 Å². The lowest BCUT2D eigenvalue weighted by molar-refractivity contribution is -0.119. The third-order valence-corrected chi connectivity index (χ3v) is 4.30. The van der Waals surface area contributed by atoms with Gasteiger partial charge in [0.05, 0.1) is 12.1 Å². The van der Waals surface area contributed by atoms with Crippen molar-refractivity contribution < 1.29 is 9.59 Å². The Morgan fingerprint density at radius 3 is 2.44 bits per heavy atom. The highest BCUT2D eigenvalue weighted by Crippen LogP contribution is 2.24. The molecular formula is C19H18N6O2. The molecule has 0 radical (unpaired) electrons. The molecule has 8 heteroatoms. The molecule has 0 saturated carbocycles. The average Bonchev–Trinajstić information content (AvgIpc) is 3.23. The summed E-state index contributed by atoms with van der Waals surface area (Å²) in [5.74, 6) is -0.336. The third kappa shape index (κ3) is 3.29. The standard InChI is InChI=1S/C19H18N6O2/c1-12-10-18(26)24(21-12)15-7-5-6-14(11-15)20-19(27)13(2)25-22-16-8-3-4-9-17(16)23-25/h3-9,11,13H,10H2,1-2H3,(H,20,27). The smallest absolute Gasteiger partial charge is 0.253 e. The van der Waals surface area contributed by atoms with Crippen LogP contribution < -0.4 is 10.3 Å². The maximum atomic E-state index is 12.6. The molecule has 2 heterocycles. The zero-order valence-corrected chi connectivity index (χ0v) is 15.0. The lowest BCUT2D eigenvalue weighted by Gasteiger charge is -2.15. The van der Waals surface area contributed by atoms with Gasteiger partial charge in [-0.05, 0) is 44.2 Å². The molecule has 4 rings (SSSR count). The fraction of sp³-hybridized carbons (Fsp3) is 0.211. The average molecular weight is 362 g/mol. The highest BCUT2D eigenvalue weighted by Gasteiger charge is 2.23. The minimum atomic E-state index is -0.588. The summed E-state index contributed by atoms with van der Waals surface area (Å²) in [6, 6.07) is 13.9. The molecule has 8 nitrogen and oxygen atoms in total. The fourth-order valence-corrected chi connectivity index (χ4v) is 2.87. The van der Waals surface area contributed by atoms with Crippen molar-refractivity contribution in [3.05, 3.63) is 48.5 Å². The summed E-state index contributed by atoms with van der Waals surface area (Å²) in [7, 11) is 0. The van der Waals surface area contributed by atoms with Crippen molar-refractivity contribution in [2.24, 2.45) is 5.10 Å². The van der Waals surface area contributed by atoms with Crippen LogP contribution in [0.5, 0.6) is 0 Å². The van der Waals surface area contributed by atoms with Crippen molar-refractivity contribution in [3.8, 4) is 0 Å². The number of carbonyl (C=O) groups is 2. The maximum absolute atomic E-state index is 12.6. The van der Waals surface area contributed by atoms with E-state index in [9.17, 15) is 9.59 Å². The topological polar surface area (TPSA) is 92.5 Å². The summed E-state index contributed by atoms with van der Waals surface area (Å²) in [6.45, 7) is 3.54. The second-order valence-electron chi connectivity index (χ2n) is 6.44. The molecule has 2 amide bonds. The van der Waals surface area contributed by atoms with E-state index < -0.39 is 6.04 Å². The summed E-state index contributed by atoms with van der Waals surface area (Å²) >= 11 is 0. The highest BCUT2D eigenvalue weighted by atomic mass is 16.2. The van der Waals surface area contributed by atoms with Crippen LogP contribution in [0.4, 0.5) is 11.4 Å². The van der Waals surface area contributed by atoms with E-state index in [4.69, 9.17) is 0 Å². The van der Waals surface area contributed by atoms with Crippen molar-refractivity contribution in [1.82, 2.24) is 15.0 Å². The molecule has 1 aliphatic heterocycles. The molecule has 0 aliphatic carbocycles. The molecule has 3 aromatic rings. The molecule has 1 aliphatic rings. The zero-order valence-electron chi connectivity index (χ0n) is 15.0. The molecule has 0 saturated heterocycles. The second-order valence-corrected chi connectivity index (χ2v) is 6.44. The number of fused-ring (bicyclic) bond motifs is 1. The molecule has 1 atom stereocenters. The Morgan fingerprint density at radius 2 is 1.81 bits per heavy atom. The zero-order chi connectivity index (χ0) is 19.0. The van der Waals surface area contributed by atoms with Crippen molar-refractivity contribution >= 4 is 39.9 Å². The summed E-state index contributed by atoms with van der Waals surface area (Å²) in [5, 5.41) is 17.1. The van der Waals surface area contributed by atoms with E-state index in [0.717, 1.165) is 16.7 Å². The van der Waals surface area contributed by atoms with Gasteiger partial charge in [0, 0.05) is 11.4 Å². The first-order chi connectivity index (χ1) is 13.0. The van der Waals surface area contributed by atoms with Gasteiger partial charge in [-0.25, -0.2) is 5.01 Å². The molecule has 27 heavy (non-hydrogen) atoms. The Labute approximate surface area is 155 Å². The molecule has 1 unspecified atom stereocenters. The van der Waals surface area contributed by atoms with Gasteiger partial charge in [-0.15, -0.1) is 0 Å². The van der Waals surface area contributed by atoms with Crippen molar-refractivity contribution in [3.63, 3.8) is 0 Å². The van der Waals surface area contributed by atoms with E-state index in [1.165, 1.54) is 9.81 Å². The number of hydrogen-bond acceptors (Lipinski definition) is 5. The van der Waals surface area contributed by atoms with Gasteiger partial charge in [0.1, 0.15) is 17.1 Å². The quantitative estimate of drug-likeness (QED) is 0.772. The van der Waals surface area contributed by atoms with E-state index in [1.807, 2.05) is 31.2 Å². The van der Waals surface area contributed by atoms with E-state index in [2.05, 4.69) is 20.6 Å². The molecular weight excluding hydrogens is 344 g/mol. The van der Waals surface area contributed by atoms with E-state index in [1.54, 1.807) is 31.2 Å². The Kier molecular flexibility index (Phi) is 4.15. The molecule has 1 aromatic heterocycles. The number of carbonyl (C=O) groups excluding carboxylic acids is 2. The summed E-state index contributed by atoms with van der Waals surface area (Å²) < 4.78 is 0. The lowest BCUT2D eigenvalue weighted by Crippen LogP contribution is -2.25. The van der Waals surface area contributed by atoms with Crippen molar-refractivity contribution in [2.45, 2.75) is 26.3 Å². The fourth-order valence-electron chi connectivity index (χ4n) is 2.87. The van der Waals surface area contributed by atoms with Gasteiger partial charge in [-0.3, -0.25) is 9.59 Å². The number of anilines is 2. The van der Waals surface area contributed by atoms with Crippen LogP contribution in [0, 0.1) is 0 Å².